The lowest BCUT2D eigenvalue weighted by atomic mass is 9.65. The summed E-state index contributed by atoms with van der Waals surface area (Å²) in [4.78, 5) is 2.47. The standard InChI is InChI=1S/C68H44N2/c1-3-18-45(19-4-1)46-34-38-49(39-35-46)69(50-40-36-48(37-41-50)67(47-20-5-2-6-21-47)58-27-11-7-22-52(58)53-23-8-12-28-59(53)67)51-42-43-55-54-24-9-13-29-60(54)68(63(55)44-51)61-30-14-16-33-65(61)70-64-32-15-10-25-56(64)57-26-17-31-62(68)66(57)70/h1-44H. The van der Waals surface area contributed by atoms with Crippen LogP contribution in [0.25, 0.3) is 60.9 Å². The first-order valence-electron chi connectivity index (χ1n) is 24.4. The van der Waals surface area contributed by atoms with Gasteiger partial charge in [0.05, 0.1) is 27.6 Å². The van der Waals surface area contributed by atoms with Gasteiger partial charge in [-0.1, -0.05) is 218 Å². The van der Waals surface area contributed by atoms with Crippen LogP contribution in [0.3, 0.4) is 0 Å². The molecular weight excluding hydrogens is 845 g/mol. The molecule has 11 aromatic carbocycles. The summed E-state index contributed by atoms with van der Waals surface area (Å²) in [6.45, 7) is 0. The number of anilines is 3. The van der Waals surface area contributed by atoms with Crippen LogP contribution in [0.2, 0.25) is 0 Å². The number of fused-ring (bicyclic) bond motifs is 15. The molecule has 0 radical (unpaired) electrons. The van der Waals surface area contributed by atoms with E-state index in [-0.39, 0.29) is 0 Å². The van der Waals surface area contributed by atoms with Gasteiger partial charge in [0.2, 0.25) is 0 Å². The van der Waals surface area contributed by atoms with Crippen LogP contribution in [0.1, 0.15) is 44.5 Å². The Bertz CT molecular complexity index is 4010. The number of para-hydroxylation sites is 3. The number of nitrogens with zero attached hydrogens (tertiary/aromatic N) is 2. The highest BCUT2D eigenvalue weighted by molar-refractivity contribution is 6.13. The Kier molecular flexibility index (Phi) is 8.24. The third kappa shape index (κ3) is 5.12. The molecule has 2 aliphatic carbocycles. The van der Waals surface area contributed by atoms with Crippen molar-refractivity contribution in [3.05, 3.63) is 311 Å². The average molecular weight is 889 g/mol. The maximum Gasteiger partial charge on any atom is 0.0755 e. The van der Waals surface area contributed by atoms with Crippen molar-refractivity contribution in [2.75, 3.05) is 4.90 Å². The Morgan fingerprint density at radius 3 is 1.44 bits per heavy atom. The van der Waals surface area contributed by atoms with Crippen molar-refractivity contribution in [3.63, 3.8) is 0 Å². The summed E-state index contributed by atoms with van der Waals surface area (Å²) in [6, 6.07) is 99.7. The molecule has 0 fully saturated rings. The Labute approximate surface area is 407 Å². The van der Waals surface area contributed by atoms with E-state index in [1.807, 2.05) is 0 Å². The first-order chi connectivity index (χ1) is 34.7. The normalized spacial score (nSPS) is 15.3. The molecule has 0 bridgehead atoms. The Morgan fingerprint density at radius 2 is 0.757 bits per heavy atom. The van der Waals surface area contributed by atoms with E-state index in [2.05, 4.69) is 276 Å². The van der Waals surface area contributed by atoms with Crippen molar-refractivity contribution < 1.29 is 0 Å². The van der Waals surface area contributed by atoms with Crippen molar-refractivity contribution >= 4 is 38.9 Å². The van der Waals surface area contributed by atoms with Crippen LogP contribution >= 0.6 is 0 Å². The molecule has 1 aromatic heterocycles. The van der Waals surface area contributed by atoms with Crippen molar-refractivity contribution in [3.8, 4) is 39.1 Å². The molecule has 1 atom stereocenters. The zero-order chi connectivity index (χ0) is 46.0. The minimum absolute atomic E-state index is 0.487. The van der Waals surface area contributed by atoms with E-state index < -0.39 is 10.8 Å². The maximum absolute atomic E-state index is 2.52. The minimum Gasteiger partial charge on any atom is -0.310 e. The molecule has 2 nitrogen and oxygen atoms in total. The average Bonchev–Trinajstić information content (AvgIpc) is 4.05. The second-order valence-electron chi connectivity index (χ2n) is 19.1. The molecule has 0 N–H and O–H groups in total. The summed E-state index contributed by atoms with van der Waals surface area (Å²) in [7, 11) is 0. The monoisotopic (exact) mass is 888 g/mol. The van der Waals surface area contributed by atoms with Crippen LogP contribution in [-0.4, -0.2) is 4.57 Å². The lowest BCUT2D eigenvalue weighted by Gasteiger charge is -2.40. The molecule has 0 amide bonds. The van der Waals surface area contributed by atoms with Gasteiger partial charge in [0.1, 0.15) is 0 Å². The lowest BCUT2D eigenvalue weighted by Crippen LogP contribution is -2.33. The molecule has 326 valence electrons. The zero-order valence-electron chi connectivity index (χ0n) is 38.3. The third-order valence-corrected chi connectivity index (χ3v) is 15.9. The molecule has 0 saturated carbocycles. The second kappa shape index (κ2) is 14.8. The fraction of sp³-hybridized carbons (Fsp3) is 0.0294. The van der Waals surface area contributed by atoms with Gasteiger partial charge in [-0.05, 0) is 126 Å². The smallest absolute Gasteiger partial charge is 0.0755 e. The number of hydrogen-bond acceptors (Lipinski definition) is 1. The molecule has 0 saturated heterocycles. The van der Waals surface area contributed by atoms with Crippen LogP contribution in [0, 0.1) is 0 Å². The molecule has 70 heavy (non-hydrogen) atoms. The SMILES string of the molecule is c1ccc(-c2ccc(N(c3ccc(C4(c5ccccc5)c5ccccc5-c5ccccc54)cc3)c3ccc4c(c3)C3(c5ccccc5-4)c4ccccc4-n4c5ccccc5c5cccc3c54)cc2)cc1. The van der Waals surface area contributed by atoms with Gasteiger partial charge in [0.15, 0.2) is 0 Å². The highest BCUT2D eigenvalue weighted by atomic mass is 15.1. The van der Waals surface area contributed by atoms with Crippen LogP contribution in [0.4, 0.5) is 17.1 Å². The predicted molar refractivity (Wildman–Crippen MR) is 289 cm³/mol. The number of hydrogen-bond donors (Lipinski definition) is 0. The topological polar surface area (TPSA) is 8.17 Å². The van der Waals surface area contributed by atoms with Gasteiger partial charge in [-0.25, -0.2) is 0 Å². The summed E-state index contributed by atoms with van der Waals surface area (Å²) in [5, 5.41) is 2.56. The third-order valence-electron chi connectivity index (χ3n) is 15.9. The van der Waals surface area contributed by atoms with Gasteiger partial charge in [0, 0.05) is 27.8 Å². The number of benzene rings is 11. The Morgan fingerprint density at radius 1 is 0.286 bits per heavy atom. The van der Waals surface area contributed by atoms with E-state index >= 15 is 0 Å². The minimum atomic E-state index is -0.569. The highest BCUT2D eigenvalue weighted by Crippen LogP contribution is 2.62. The van der Waals surface area contributed by atoms with Gasteiger partial charge >= 0.3 is 0 Å². The van der Waals surface area contributed by atoms with Gasteiger partial charge in [-0.3, -0.25) is 0 Å². The Hall–Kier alpha value is -8.98. The summed E-state index contributed by atoms with van der Waals surface area (Å²) in [6.07, 6.45) is 0. The van der Waals surface area contributed by atoms with Gasteiger partial charge in [0.25, 0.3) is 0 Å². The molecule has 1 spiro atoms. The van der Waals surface area contributed by atoms with E-state index in [0.29, 0.717) is 0 Å². The molecule has 12 aromatic rings. The summed E-state index contributed by atoms with van der Waals surface area (Å²) < 4.78 is 2.52. The largest absolute Gasteiger partial charge is 0.310 e. The first-order valence-corrected chi connectivity index (χ1v) is 24.4. The van der Waals surface area contributed by atoms with E-state index in [1.54, 1.807) is 0 Å². The molecule has 3 aliphatic rings. The maximum atomic E-state index is 2.52. The summed E-state index contributed by atoms with van der Waals surface area (Å²) in [5.74, 6) is 0. The highest BCUT2D eigenvalue weighted by Gasteiger charge is 2.51. The number of rotatable bonds is 6. The second-order valence-corrected chi connectivity index (χ2v) is 19.1. The van der Waals surface area contributed by atoms with E-state index in [1.165, 1.54) is 105 Å². The van der Waals surface area contributed by atoms with Gasteiger partial charge in [-0.15, -0.1) is 0 Å². The van der Waals surface area contributed by atoms with Crippen molar-refractivity contribution in [2.24, 2.45) is 0 Å². The van der Waals surface area contributed by atoms with Gasteiger partial charge < -0.3 is 9.47 Å². The van der Waals surface area contributed by atoms with E-state index in [9.17, 15) is 0 Å². The fourth-order valence-corrected chi connectivity index (χ4v) is 13.1. The van der Waals surface area contributed by atoms with Gasteiger partial charge in [-0.2, -0.15) is 0 Å². The summed E-state index contributed by atoms with van der Waals surface area (Å²) >= 11 is 0. The molecule has 2 heteroatoms. The molecule has 15 rings (SSSR count). The molecule has 1 unspecified atom stereocenters. The molecular formula is C68H44N2. The predicted octanol–water partition coefficient (Wildman–Crippen LogP) is 17.0. The van der Waals surface area contributed by atoms with Crippen molar-refractivity contribution in [2.45, 2.75) is 10.8 Å². The number of aromatic nitrogens is 1. The molecule has 1 aliphatic heterocycles. The first kappa shape index (κ1) is 39.1. The van der Waals surface area contributed by atoms with Crippen LogP contribution in [-0.2, 0) is 10.8 Å². The quantitative estimate of drug-likeness (QED) is 0.161. The van der Waals surface area contributed by atoms with E-state index in [0.717, 1.165) is 17.1 Å². The Balaban J connectivity index is 0.969. The fourth-order valence-electron chi connectivity index (χ4n) is 13.1. The van der Waals surface area contributed by atoms with Crippen molar-refractivity contribution in [1.29, 1.82) is 0 Å². The lowest BCUT2D eigenvalue weighted by molar-refractivity contribution is 0.748. The zero-order valence-corrected chi connectivity index (χ0v) is 38.3. The van der Waals surface area contributed by atoms with Crippen LogP contribution < -0.4 is 4.90 Å². The van der Waals surface area contributed by atoms with Crippen LogP contribution in [0.5, 0.6) is 0 Å². The van der Waals surface area contributed by atoms with Crippen LogP contribution in [0.15, 0.2) is 267 Å². The van der Waals surface area contributed by atoms with E-state index in [4.69, 9.17) is 0 Å². The molecule has 2 heterocycles. The van der Waals surface area contributed by atoms with Crippen molar-refractivity contribution in [1.82, 2.24) is 4.57 Å². The summed E-state index contributed by atoms with van der Waals surface area (Å²) in [5.41, 5.74) is 23.9.